The van der Waals surface area contributed by atoms with Crippen LogP contribution in [-0.4, -0.2) is 30.0 Å². The van der Waals surface area contributed by atoms with Crippen LogP contribution in [0.25, 0.3) is 0 Å². The fourth-order valence-electron chi connectivity index (χ4n) is 2.88. The maximum absolute atomic E-state index is 12.7. The van der Waals surface area contributed by atoms with Crippen molar-refractivity contribution in [3.63, 3.8) is 0 Å². The molecular formula is C21H19N3O5S. The first-order chi connectivity index (χ1) is 14.5. The van der Waals surface area contributed by atoms with E-state index in [1.807, 2.05) is 5.38 Å². The number of carbonyl (C=O) groups excluding carboxylic acids is 2. The van der Waals surface area contributed by atoms with Gasteiger partial charge in [-0.15, -0.1) is 11.3 Å². The molecule has 9 heteroatoms. The summed E-state index contributed by atoms with van der Waals surface area (Å²) in [5, 5.41) is 7.47. The van der Waals surface area contributed by atoms with Crippen molar-refractivity contribution in [3.8, 4) is 17.2 Å². The van der Waals surface area contributed by atoms with Crippen LogP contribution < -0.4 is 24.8 Å². The average Bonchev–Trinajstić information content (AvgIpc) is 3.27. The molecule has 8 nitrogen and oxygen atoms in total. The van der Waals surface area contributed by atoms with Gasteiger partial charge in [0.2, 0.25) is 0 Å². The van der Waals surface area contributed by atoms with Gasteiger partial charge in [0.25, 0.3) is 11.8 Å². The van der Waals surface area contributed by atoms with Gasteiger partial charge in [0.05, 0.1) is 24.0 Å². The first-order valence-corrected chi connectivity index (χ1v) is 10.1. The summed E-state index contributed by atoms with van der Waals surface area (Å²) in [6, 6.07) is 10.0. The normalized spacial score (nSPS) is 14.9. The predicted octanol–water partition coefficient (Wildman–Crippen LogP) is 3.70. The number of hydrogen-bond donors (Lipinski definition) is 2. The van der Waals surface area contributed by atoms with Gasteiger partial charge in [-0.1, -0.05) is 0 Å². The molecule has 154 valence electrons. The molecule has 0 bridgehead atoms. The number of ether oxygens (including phenoxy) is 3. The Hall–Kier alpha value is -3.59. The minimum Gasteiger partial charge on any atom is -0.493 e. The van der Waals surface area contributed by atoms with Crippen LogP contribution in [0.4, 0.5) is 11.4 Å². The molecule has 2 heterocycles. The summed E-state index contributed by atoms with van der Waals surface area (Å²) >= 11 is 1.49. The van der Waals surface area contributed by atoms with E-state index >= 15 is 0 Å². The van der Waals surface area contributed by atoms with E-state index in [4.69, 9.17) is 14.2 Å². The van der Waals surface area contributed by atoms with Gasteiger partial charge in [0, 0.05) is 16.6 Å². The molecule has 1 aliphatic heterocycles. The molecule has 0 saturated heterocycles. The first kappa shape index (κ1) is 19.7. The third kappa shape index (κ3) is 4.20. The molecule has 1 aromatic heterocycles. The second-order valence-electron chi connectivity index (χ2n) is 6.55. The van der Waals surface area contributed by atoms with Crippen LogP contribution in [0.15, 0.2) is 47.3 Å². The lowest BCUT2D eigenvalue weighted by atomic mass is 10.1. The predicted molar refractivity (Wildman–Crippen MR) is 113 cm³/mol. The number of amides is 2. The van der Waals surface area contributed by atoms with Crippen molar-refractivity contribution < 1.29 is 23.8 Å². The van der Waals surface area contributed by atoms with E-state index in [1.165, 1.54) is 18.4 Å². The van der Waals surface area contributed by atoms with E-state index in [0.717, 1.165) is 5.69 Å². The van der Waals surface area contributed by atoms with Gasteiger partial charge in [0.15, 0.2) is 17.6 Å². The number of anilines is 2. The monoisotopic (exact) mass is 425 g/mol. The van der Waals surface area contributed by atoms with Crippen LogP contribution in [0.1, 0.15) is 23.0 Å². The van der Waals surface area contributed by atoms with Crippen LogP contribution in [-0.2, 0) is 11.4 Å². The fraction of sp³-hybridized carbons (Fsp3) is 0.190. The van der Waals surface area contributed by atoms with Crippen LogP contribution >= 0.6 is 11.3 Å². The van der Waals surface area contributed by atoms with E-state index in [-0.39, 0.29) is 11.8 Å². The molecule has 0 radical (unpaired) electrons. The van der Waals surface area contributed by atoms with Crippen LogP contribution in [0.3, 0.4) is 0 Å². The zero-order valence-corrected chi connectivity index (χ0v) is 17.1. The molecule has 2 N–H and O–H groups in total. The van der Waals surface area contributed by atoms with Crippen molar-refractivity contribution in [1.29, 1.82) is 0 Å². The maximum atomic E-state index is 12.7. The lowest BCUT2D eigenvalue weighted by Crippen LogP contribution is -2.34. The topological polar surface area (TPSA) is 98.8 Å². The molecule has 2 amide bonds. The summed E-state index contributed by atoms with van der Waals surface area (Å²) in [6.45, 7) is 1.98. The summed E-state index contributed by atoms with van der Waals surface area (Å²) in [5.41, 5.74) is 4.00. The Morgan fingerprint density at radius 1 is 1.27 bits per heavy atom. The Morgan fingerprint density at radius 2 is 2.13 bits per heavy atom. The second kappa shape index (κ2) is 8.42. The van der Waals surface area contributed by atoms with Crippen molar-refractivity contribution in [2.24, 2.45) is 0 Å². The number of benzene rings is 2. The Bertz CT molecular complexity index is 1080. The Labute approximate surface area is 176 Å². The van der Waals surface area contributed by atoms with E-state index in [2.05, 4.69) is 15.6 Å². The molecule has 1 atom stereocenters. The van der Waals surface area contributed by atoms with Gasteiger partial charge >= 0.3 is 0 Å². The van der Waals surface area contributed by atoms with Gasteiger partial charge in [0.1, 0.15) is 12.4 Å². The lowest BCUT2D eigenvalue weighted by Gasteiger charge is -2.23. The van der Waals surface area contributed by atoms with Crippen molar-refractivity contribution in [2.75, 3.05) is 17.7 Å². The highest BCUT2D eigenvalue weighted by atomic mass is 32.1. The highest BCUT2D eigenvalue weighted by Crippen LogP contribution is 2.33. The highest BCUT2D eigenvalue weighted by Gasteiger charge is 2.23. The number of methoxy groups -OCH3 is 1. The molecule has 4 rings (SSSR count). The third-order valence-corrected chi connectivity index (χ3v) is 5.09. The standard InChI is InChI=1S/C21H19N3O5S/c1-12-20(25)24-16-8-14(4-6-17(16)29-12)23-21(26)13-3-5-18(19(7-13)27-2)28-9-15-10-30-11-22-15/h3-8,10-12H,9H2,1-2H3,(H,23,26)(H,24,25). The summed E-state index contributed by atoms with van der Waals surface area (Å²) < 4.78 is 16.6. The summed E-state index contributed by atoms with van der Waals surface area (Å²) in [4.78, 5) is 28.7. The molecule has 0 aliphatic carbocycles. The third-order valence-electron chi connectivity index (χ3n) is 4.45. The van der Waals surface area contributed by atoms with Gasteiger partial charge in [-0.05, 0) is 43.3 Å². The minimum absolute atomic E-state index is 0.232. The number of aromatic nitrogens is 1. The summed E-state index contributed by atoms with van der Waals surface area (Å²) in [6.07, 6.45) is -0.554. The number of carbonyl (C=O) groups is 2. The van der Waals surface area contributed by atoms with Crippen molar-refractivity contribution in [2.45, 2.75) is 19.6 Å². The van der Waals surface area contributed by atoms with E-state index in [9.17, 15) is 9.59 Å². The number of nitrogens with zero attached hydrogens (tertiary/aromatic N) is 1. The van der Waals surface area contributed by atoms with Gasteiger partial charge in [-0.2, -0.15) is 0 Å². The SMILES string of the molecule is COc1cc(C(=O)Nc2ccc3c(c2)NC(=O)C(C)O3)ccc1OCc1cscn1. The molecule has 2 aromatic carbocycles. The summed E-state index contributed by atoms with van der Waals surface area (Å²) in [5.74, 6) is 0.964. The molecule has 0 saturated carbocycles. The average molecular weight is 425 g/mol. The molecule has 1 aliphatic rings. The van der Waals surface area contributed by atoms with Crippen LogP contribution in [0, 0.1) is 0 Å². The van der Waals surface area contributed by atoms with E-state index in [0.29, 0.717) is 40.8 Å². The Balaban J connectivity index is 1.47. The Kier molecular flexibility index (Phi) is 5.53. The van der Waals surface area contributed by atoms with Gasteiger partial charge in [-0.3, -0.25) is 9.59 Å². The van der Waals surface area contributed by atoms with Gasteiger partial charge in [-0.25, -0.2) is 4.98 Å². The molecule has 3 aromatic rings. The quantitative estimate of drug-likeness (QED) is 0.625. The highest BCUT2D eigenvalue weighted by molar-refractivity contribution is 7.07. The van der Waals surface area contributed by atoms with Crippen molar-refractivity contribution in [3.05, 3.63) is 58.5 Å². The van der Waals surface area contributed by atoms with Gasteiger partial charge < -0.3 is 24.8 Å². The zero-order chi connectivity index (χ0) is 21.1. The smallest absolute Gasteiger partial charge is 0.265 e. The molecular weight excluding hydrogens is 406 g/mol. The zero-order valence-electron chi connectivity index (χ0n) is 16.3. The Morgan fingerprint density at radius 3 is 2.90 bits per heavy atom. The largest absolute Gasteiger partial charge is 0.493 e. The number of rotatable bonds is 6. The van der Waals surface area contributed by atoms with Crippen molar-refractivity contribution in [1.82, 2.24) is 4.98 Å². The van der Waals surface area contributed by atoms with Crippen LogP contribution in [0.2, 0.25) is 0 Å². The number of hydrogen-bond acceptors (Lipinski definition) is 7. The molecule has 30 heavy (non-hydrogen) atoms. The maximum Gasteiger partial charge on any atom is 0.265 e. The van der Waals surface area contributed by atoms with Crippen LogP contribution in [0.5, 0.6) is 17.2 Å². The van der Waals surface area contributed by atoms with E-state index < -0.39 is 6.10 Å². The molecule has 1 unspecified atom stereocenters. The fourth-order valence-corrected chi connectivity index (χ4v) is 3.42. The second-order valence-corrected chi connectivity index (χ2v) is 7.27. The molecule has 0 spiro atoms. The number of thiazole rings is 1. The van der Waals surface area contributed by atoms with Crippen molar-refractivity contribution >= 4 is 34.5 Å². The first-order valence-electron chi connectivity index (χ1n) is 9.14. The number of fused-ring (bicyclic) bond motifs is 1. The molecule has 0 fully saturated rings. The minimum atomic E-state index is -0.554. The summed E-state index contributed by atoms with van der Waals surface area (Å²) in [7, 11) is 1.51. The lowest BCUT2D eigenvalue weighted by molar-refractivity contribution is -0.122. The number of nitrogens with one attached hydrogen (secondary N) is 2. The van der Waals surface area contributed by atoms with E-state index in [1.54, 1.807) is 48.8 Å².